The lowest BCUT2D eigenvalue weighted by Crippen LogP contribution is -1.98. The Morgan fingerprint density at radius 3 is 2.76 bits per heavy atom. The summed E-state index contributed by atoms with van der Waals surface area (Å²) in [5, 5.41) is 28.5. The van der Waals surface area contributed by atoms with Gasteiger partial charge in [0.1, 0.15) is 11.5 Å². The number of nitrogens with zero attached hydrogens (tertiary/aromatic N) is 2. The summed E-state index contributed by atoms with van der Waals surface area (Å²) in [4.78, 5) is 21.9. The van der Waals surface area contributed by atoms with Crippen molar-refractivity contribution in [2.45, 2.75) is 6.61 Å². The molecule has 0 bridgehead atoms. The number of aromatic carboxylic acids is 1. The normalized spacial score (nSPS) is 9.86. The molecule has 1 N–H and O–H groups in total. The fourth-order valence-electron chi connectivity index (χ4n) is 1.57. The van der Waals surface area contributed by atoms with Crippen LogP contribution in [0.25, 0.3) is 0 Å². The Morgan fingerprint density at radius 2 is 2.19 bits per heavy atom. The monoisotopic (exact) mass is 304 g/mol. The van der Waals surface area contributed by atoms with Gasteiger partial charge in [0, 0.05) is 10.9 Å². The molecule has 0 aliphatic rings. The summed E-state index contributed by atoms with van der Waals surface area (Å²) in [5.74, 6) is -1.00. The van der Waals surface area contributed by atoms with Gasteiger partial charge in [-0.25, -0.2) is 4.79 Å². The molecule has 0 fully saturated rings. The van der Waals surface area contributed by atoms with Crippen LogP contribution < -0.4 is 4.74 Å². The quantitative estimate of drug-likeness (QED) is 0.671. The van der Waals surface area contributed by atoms with Gasteiger partial charge in [0.15, 0.2) is 5.75 Å². The number of benzene rings is 1. The summed E-state index contributed by atoms with van der Waals surface area (Å²) in [6, 6.07) is 8.74. The smallest absolute Gasteiger partial charge is 0.345 e. The Balaban J connectivity index is 2.17. The first kappa shape index (κ1) is 14.5. The molecule has 0 spiro atoms. The Bertz CT molecular complexity index is 747. The first-order valence-electron chi connectivity index (χ1n) is 5.64. The summed E-state index contributed by atoms with van der Waals surface area (Å²) in [7, 11) is 0. The maximum Gasteiger partial charge on any atom is 0.345 e. The van der Waals surface area contributed by atoms with Gasteiger partial charge in [-0.15, -0.1) is 11.3 Å². The van der Waals surface area contributed by atoms with Crippen LogP contribution in [0, 0.1) is 21.4 Å². The maximum absolute atomic E-state index is 10.9. The molecule has 106 valence electrons. The number of nitro benzene ring substituents is 1. The van der Waals surface area contributed by atoms with Gasteiger partial charge in [0.2, 0.25) is 0 Å². The fourth-order valence-corrected chi connectivity index (χ4v) is 2.33. The molecule has 0 aliphatic heterocycles. The van der Waals surface area contributed by atoms with Crippen molar-refractivity contribution in [1.29, 1.82) is 5.26 Å². The molecule has 2 aromatic rings. The fraction of sp³-hybridized carbons (Fsp3) is 0.0769. The van der Waals surface area contributed by atoms with Gasteiger partial charge in [-0.3, -0.25) is 10.1 Å². The predicted octanol–water partition coefficient (Wildman–Crippen LogP) is 2.81. The second-order valence-corrected chi connectivity index (χ2v) is 5.08. The van der Waals surface area contributed by atoms with Crippen molar-refractivity contribution in [3.8, 4) is 11.8 Å². The summed E-state index contributed by atoms with van der Waals surface area (Å²) in [6.07, 6.45) is 0. The van der Waals surface area contributed by atoms with Crippen molar-refractivity contribution >= 4 is 23.0 Å². The minimum atomic E-state index is -1.03. The van der Waals surface area contributed by atoms with E-state index >= 15 is 0 Å². The minimum Gasteiger partial charge on any atom is -0.481 e. The van der Waals surface area contributed by atoms with Crippen LogP contribution in [0.3, 0.4) is 0 Å². The minimum absolute atomic E-state index is 0.0185. The van der Waals surface area contributed by atoms with Crippen LogP contribution in [0.1, 0.15) is 20.1 Å². The van der Waals surface area contributed by atoms with Crippen LogP contribution in [-0.4, -0.2) is 16.0 Å². The number of carboxylic acid groups (broad SMARTS) is 1. The highest BCUT2D eigenvalue weighted by atomic mass is 32.1. The number of carboxylic acids is 1. The van der Waals surface area contributed by atoms with Crippen molar-refractivity contribution in [1.82, 2.24) is 0 Å². The van der Waals surface area contributed by atoms with Gasteiger partial charge in [0.05, 0.1) is 16.6 Å². The van der Waals surface area contributed by atoms with Crippen molar-refractivity contribution in [3.05, 3.63) is 55.8 Å². The third kappa shape index (κ3) is 3.34. The Kier molecular flexibility index (Phi) is 4.15. The first-order chi connectivity index (χ1) is 10.0. The number of ether oxygens (including phenoxy) is 1. The van der Waals surface area contributed by atoms with Crippen molar-refractivity contribution in [2.75, 3.05) is 0 Å². The molecule has 0 radical (unpaired) electrons. The van der Waals surface area contributed by atoms with E-state index in [4.69, 9.17) is 15.1 Å². The maximum atomic E-state index is 10.9. The molecule has 0 unspecified atom stereocenters. The van der Waals surface area contributed by atoms with Crippen molar-refractivity contribution < 1.29 is 19.6 Å². The van der Waals surface area contributed by atoms with Gasteiger partial charge in [-0.1, -0.05) is 0 Å². The topological polar surface area (TPSA) is 113 Å². The SMILES string of the molecule is N#Cc1ccc(OCc2ccc(C(=O)O)s2)c([N+](=O)[O-])c1. The molecule has 0 amide bonds. The van der Waals surface area contributed by atoms with Crippen molar-refractivity contribution in [3.63, 3.8) is 0 Å². The number of carbonyl (C=O) groups is 1. The molecule has 0 saturated heterocycles. The molecule has 0 saturated carbocycles. The molecule has 1 aromatic heterocycles. The lowest BCUT2D eigenvalue weighted by Gasteiger charge is -2.05. The van der Waals surface area contributed by atoms with E-state index in [0.29, 0.717) is 4.88 Å². The van der Waals surface area contributed by atoms with E-state index in [1.54, 1.807) is 6.07 Å². The lowest BCUT2D eigenvalue weighted by atomic mass is 10.2. The summed E-state index contributed by atoms with van der Waals surface area (Å²) >= 11 is 1.04. The van der Waals surface area contributed by atoms with E-state index < -0.39 is 10.9 Å². The van der Waals surface area contributed by atoms with Crippen LogP contribution in [0.5, 0.6) is 5.75 Å². The molecule has 8 heteroatoms. The standard InChI is InChI=1S/C13H8N2O5S/c14-6-8-1-3-11(10(5-8)15(18)19)20-7-9-2-4-12(21-9)13(16)17/h1-5H,7H2,(H,16,17). The predicted molar refractivity (Wildman–Crippen MR) is 73.4 cm³/mol. The van der Waals surface area contributed by atoms with E-state index in [9.17, 15) is 14.9 Å². The van der Waals surface area contributed by atoms with E-state index in [1.165, 1.54) is 18.2 Å². The Labute approximate surface area is 122 Å². The molecule has 0 atom stereocenters. The number of nitro groups is 1. The average Bonchev–Trinajstić information content (AvgIpc) is 2.94. The Hall–Kier alpha value is -2.92. The first-order valence-corrected chi connectivity index (χ1v) is 6.46. The molecule has 1 heterocycles. The number of rotatable bonds is 5. The number of nitriles is 1. The second-order valence-electron chi connectivity index (χ2n) is 3.91. The van der Waals surface area contributed by atoms with Gasteiger partial charge < -0.3 is 9.84 Å². The molecule has 1 aromatic carbocycles. The molecule has 2 rings (SSSR count). The highest BCUT2D eigenvalue weighted by molar-refractivity contribution is 7.13. The zero-order valence-corrected chi connectivity index (χ0v) is 11.3. The van der Waals surface area contributed by atoms with Crippen LogP contribution >= 0.6 is 11.3 Å². The van der Waals surface area contributed by atoms with E-state index in [1.807, 2.05) is 6.07 Å². The molecular formula is C13H8N2O5S. The summed E-state index contributed by atoms with van der Waals surface area (Å²) in [5.41, 5.74) is -0.137. The van der Waals surface area contributed by atoms with Crippen molar-refractivity contribution in [2.24, 2.45) is 0 Å². The van der Waals surface area contributed by atoms with Crippen LogP contribution in [0.4, 0.5) is 5.69 Å². The molecular weight excluding hydrogens is 296 g/mol. The van der Waals surface area contributed by atoms with Crippen LogP contribution in [0.2, 0.25) is 0 Å². The van der Waals surface area contributed by atoms with Gasteiger partial charge in [0.25, 0.3) is 0 Å². The third-order valence-electron chi connectivity index (χ3n) is 2.53. The van der Waals surface area contributed by atoms with Gasteiger partial charge >= 0.3 is 11.7 Å². The largest absolute Gasteiger partial charge is 0.481 e. The zero-order valence-electron chi connectivity index (χ0n) is 10.5. The summed E-state index contributed by atoms with van der Waals surface area (Å²) in [6.45, 7) is 0.0185. The third-order valence-corrected chi connectivity index (χ3v) is 3.57. The highest BCUT2D eigenvalue weighted by Crippen LogP contribution is 2.29. The van der Waals surface area contributed by atoms with Crippen LogP contribution in [0.15, 0.2) is 30.3 Å². The van der Waals surface area contributed by atoms with E-state index in [-0.39, 0.29) is 28.5 Å². The average molecular weight is 304 g/mol. The molecule has 0 aliphatic carbocycles. The second kappa shape index (κ2) is 6.02. The van der Waals surface area contributed by atoms with Crippen LogP contribution in [-0.2, 0) is 6.61 Å². The van der Waals surface area contributed by atoms with Gasteiger partial charge in [-0.2, -0.15) is 5.26 Å². The molecule has 7 nitrogen and oxygen atoms in total. The summed E-state index contributed by atoms with van der Waals surface area (Å²) < 4.78 is 5.34. The molecule has 21 heavy (non-hydrogen) atoms. The van der Waals surface area contributed by atoms with Gasteiger partial charge in [-0.05, 0) is 24.3 Å². The number of thiophene rings is 1. The number of hydrogen-bond acceptors (Lipinski definition) is 6. The highest BCUT2D eigenvalue weighted by Gasteiger charge is 2.16. The van der Waals surface area contributed by atoms with E-state index in [2.05, 4.69) is 0 Å². The number of hydrogen-bond donors (Lipinski definition) is 1. The van der Waals surface area contributed by atoms with E-state index in [0.717, 1.165) is 17.4 Å². The zero-order chi connectivity index (χ0) is 15.4. The Morgan fingerprint density at radius 1 is 1.43 bits per heavy atom. The lowest BCUT2D eigenvalue weighted by molar-refractivity contribution is -0.386.